The van der Waals surface area contributed by atoms with E-state index in [2.05, 4.69) is 5.32 Å². The number of hydrogen-bond acceptors (Lipinski definition) is 4. The minimum absolute atomic E-state index is 0.0466. The van der Waals surface area contributed by atoms with Crippen molar-refractivity contribution >= 4 is 29.1 Å². The minimum atomic E-state index is -0.568. The monoisotopic (exact) mass is 276 g/mol. The Morgan fingerprint density at radius 3 is 1.85 bits per heavy atom. The highest BCUT2D eigenvalue weighted by Crippen LogP contribution is 2.16. The van der Waals surface area contributed by atoms with E-state index < -0.39 is 11.8 Å². The molecule has 3 N–H and O–H groups in total. The number of ketones is 2. The van der Waals surface area contributed by atoms with Crippen LogP contribution in [-0.4, -0.2) is 23.4 Å². The quantitative estimate of drug-likeness (QED) is 0.763. The van der Waals surface area contributed by atoms with Crippen molar-refractivity contribution < 1.29 is 19.2 Å². The Kier molecular flexibility index (Phi) is 5.14. The summed E-state index contributed by atoms with van der Waals surface area (Å²) in [6.45, 7) is 2.75. The summed E-state index contributed by atoms with van der Waals surface area (Å²) in [5.41, 5.74) is 5.97. The van der Waals surface area contributed by atoms with Crippen LogP contribution in [0.15, 0.2) is 18.2 Å². The van der Waals surface area contributed by atoms with E-state index in [1.807, 2.05) is 0 Å². The van der Waals surface area contributed by atoms with Crippen LogP contribution in [0.2, 0.25) is 0 Å². The predicted molar refractivity (Wildman–Crippen MR) is 73.5 cm³/mol. The molecule has 1 rings (SSSR count). The Balaban J connectivity index is 2.94. The van der Waals surface area contributed by atoms with E-state index in [9.17, 15) is 19.2 Å². The third-order valence-electron chi connectivity index (χ3n) is 2.63. The Labute approximate surface area is 116 Å². The lowest BCUT2D eigenvalue weighted by Crippen LogP contribution is -2.17. The summed E-state index contributed by atoms with van der Waals surface area (Å²) < 4.78 is 0. The smallest absolute Gasteiger partial charge is 0.224 e. The van der Waals surface area contributed by atoms with E-state index in [-0.39, 0.29) is 24.4 Å². The van der Waals surface area contributed by atoms with Gasteiger partial charge in [-0.25, -0.2) is 0 Å². The molecule has 0 aliphatic heterocycles. The number of nitrogens with two attached hydrogens (primary N) is 1. The molecule has 1 aromatic carbocycles. The maximum Gasteiger partial charge on any atom is 0.224 e. The van der Waals surface area contributed by atoms with Crippen LogP contribution in [0, 0.1) is 0 Å². The molecule has 0 radical (unpaired) electrons. The fraction of sp³-hybridized carbons (Fsp3) is 0.286. The molecule has 0 heterocycles. The molecule has 6 heteroatoms. The molecule has 0 atom stereocenters. The standard InChI is InChI=1S/C14H16N2O4/c1-8(17)10-5-11(9(2)18)7-12(6-10)16-14(20)4-3-13(15)19/h5-7H,3-4H2,1-2H3,(H2,15,19)(H,16,20). The minimum Gasteiger partial charge on any atom is -0.370 e. The van der Waals surface area contributed by atoms with Crippen molar-refractivity contribution in [1.29, 1.82) is 0 Å². The van der Waals surface area contributed by atoms with Crippen LogP contribution in [0.1, 0.15) is 47.4 Å². The van der Waals surface area contributed by atoms with Crippen LogP contribution in [0.5, 0.6) is 0 Å². The molecule has 0 unspecified atom stereocenters. The molecule has 6 nitrogen and oxygen atoms in total. The molecule has 20 heavy (non-hydrogen) atoms. The number of benzene rings is 1. The van der Waals surface area contributed by atoms with Crippen LogP contribution in [0.25, 0.3) is 0 Å². The van der Waals surface area contributed by atoms with E-state index in [1.165, 1.54) is 32.0 Å². The van der Waals surface area contributed by atoms with Gasteiger partial charge in [0.15, 0.2) is 11.6 Å². The summed E-state index contributed by atoms with van der Waals surface area (Å²) in [7, 11) is 0. The Hall–Kier alpha value is -2.50. The van der Waals surface area contributed by atoms with Gasteiger partial charge in [-0.1, -0.05) is 0 Å². The zero-order chi connectivity index (χ0) is 15.3. The maximum absolute atomic E-state index is 11.6. The molecule has 0 aromatic heterocycles. The highest BCUT2D eigenvalue weighted by molar-refractivity contribution is 6.02. The van der Waals surface area contributed by atoms with Gasteiger partial charge >= 0.3 is 0 Å². The lowest BCUT2D eigenvalue weighted by atomic mass is 10.0. The molecule has 2 amide bonds. The van der Waals surface area contributed by atoms with Gasteiger partial charge in [-0.2, -0.15) is 0 Å². The molecule has 0 bridgehead atoms. The average Bonchev–Trinajstić information content (AvgIpc) is 2.35. The summed E-state index contributed by atoms with van der Waals surface area (Å²) in [6.07, 6.45) is -0.104. The van der Waals surface area contributed by atoms with Crippen LogP contribution in [0.4, 0.5) is 5.69 Å². The van der Waals surface area contributed by atoms with Crippen molar-refractivity contribution in [3.63, 3.8) is 0 Å². The molecule has 1 aromatic rings. The van der Waals surface area contributed by atoms with Gasteiger partial charge in [-0.3, -0.25) is 19.2 Å². The topological polar surface area (TPSA) is 106 Å². The first kappa shape index (κ1) is 15.6. The van der Waals surface area contributed by atoms with Gasteiger partial charge in [0, 0.05) is 29.7 Å². The van der Waals surface area contributed by atoms with Crippen LogP contribution in [0.3, 0.4) is 0 Å². The number of hydrogen-bond donors (Lipinski definition) is 2. The molecule has 0 spiro atoms. The summed E-state index contributed by atoms with van der Waals surface area (Å²) in [4.78, 5) is 45.0. The van der Waals surface area contributed by atoms with Crippen molar-refractivity contribution in [3.05, 3.63) is 29.3 Å². The van der Waals surface area contributed by atoms with Crippen LogP contribution in [-0.2, 0) is 9.59 Å². The largest absolute Gasteiger partial charge is 0.370 e. The average molecular weight is 276 g/mol. The molecule has 0 saturated carbocycles. The van der Waals surface area contributed by atoms with Gasteiger partial charge in [0.05, 0.1) is 0 Å². The number of rotatable bonds is 6. The number of anilines is 1. The number of Topliss-reactive ketones (excluding diaryl/α,β-unsaturated/α-hetero) is 2. The summed E-state index contributed by atoms with van der Waals surface area (Å²) in [6, 6.07) is 4.44. The van der Waals surface area contributed by atoms with Crippen LogP contribution >= 0.6 is 0 Å². The molecule has 0 fully saturated rings. The van der Waals surface area contributed by atoms with Crippen molar-refractivity contribution in [1.82, 2.24) is 0 Å². The highest BCUT2D eigenvalue weighted by Gasteiger charge is 2.10. The second-order valence-corrected chi connectivity index (χ2v) is 4.43. The number of amides is 2. The van der Waals surface area contributed by atoms with E-state index in [4.69, 9.17) is 5.73 Å². The molecule has 106 valence electrons. The fourth-order valence-electron chi connectivity index (χ4n) is 1.57. The van der Waals surface area contributed by atoms with E-state index in [0.717, 1.165) is 0 Å². The number of carbonyl (C=O) groups is 4. The highest BCUT2D eigenvalue weighted by atomic mass is 16.2. The van der Waals surface area contributed by atoms with E-state index in [0.29, 0.717) is 16.8 Å². The van der Waals surface area contributed by atoms with Crippen molar-refractivity contribution in [2.75, 3.05) is 5.32 Å². The summed E-state index contributed by atoms with van der Waals surface area (Å²) >= 11 is 0. The number of carbonyl (C=O) groups excluding carboxylic acids is 4. The van der Waals surface area contributed by atoms with Crippen molar-refractivity contribution in [2.24, 2.45) is 5.73 Å². The molecule has 0 aliphatic rings. The third-order valence-corrected chi connectivity index (χ3v) is 2.63. The lowest BCUT2D eigenvalue weighted by molar-refractivity contribution is -0.122. The Morgan fingerprint density at radius 1 is 0.950 bits per heavy atom. The molecule has 0 saturated heterocycles. The summed E-state index contributed by atoms with van der Waals surface area (Å²) in [5, 5.41) is 2.54. The number of nitrogens with one attached hydrogen (secondary N) is 1. The molecular formula is C14H16N2O4. The Bertz CT molecular complexity index is 546. The zero-order valence-corrected chi connectivity index (χ0v) is 11.4. The van der Waals surface area contributed by atoms with Gasteiger partial charge in [0.25, 0.3) is 0 Å². The van der Waals surface area contributed by atoms with Gasteiger partial charge in [-0.05, 0) is 32.0 Å². The second kappa shape index (κ2) is 6.60. The van der Waals surface area contributed by atoms with Gasteiger partial charge in [0.1, 0.15) is 0 Å². The van der Waals surface area contributed by atoms with Gasteiger partial charge < -0.3 is 11.1 Å². The van der Waals surface area contributed by atoms with Gasteiger partial charge in [0.2, 0.25) is 11.8 Å². The van der Waals surface area contributed by atoms with Crippen molar-refractivity contribution in [3.8, 4) is 0 Å². The van der Waals surface area contributed by atoms with E-state index in [1.54, 1.807) is 0 Å². The first-order valence-corrected chi connectivity index (χ1v) is 6.04. The third kappa shape index (κ3) is 4.64. The first-order valence-electron chi connectivity index (χ1n) is 6.04. The number of primary amides is 1. The van der Waals surface area contributed by atoms with Crippen LogP contribution < -0.4 is 11.1 Å². The van der Waals surface area contributed by atoms with Crippen molar-refractivity contribution in [2.45, 2.75) is 26.7 Å². The first-order chi connectivity index (χ1) is 9.29. The van der Waals surface area contributed by atoms with Gasteiger partial charge in [-0.15, -0.1) is 0 Å². The fourth-order valence-corrected chi connectivity index (χ4v) is 1.57. The second-order valence-electron chi connectivity index (χ2n) is 4.43. The van der Waals surface area contributed by atoms with E-state index >= 15 is 0 Å². The SMILES string of the molecule is CC(=O)c1cc(NC(=O)CCC(N)=O)cc(C(C)=O)c1. The maximum atomic E-state index is 11.6. The Morgan fingerprint density at radius 2 is 1.45 bits per heavy atom. The molecular weight excluding hydrogens is 260 g/mol. The molecule has 0 aliphatic carbocycles. The zero-order valence-electron chi connectivity index (χ0n) is 11.4. The predicted octanol–water partition coefficient (Wildman–Crippen LogP) is 1.30. The lowest BCUT2D eigenvalue weighted by Gasteiger charge is -2.08. The normalized spacial score (nSPS) is 9.90. The summed E-state index contributed by atoms with van der Waals surface area (Å²) in [5.74, 6) is -1.39.